The number of rotatable bonds is 35. The third-order valence-corrected chi connectivity index (χ3v) is 8.48. The van der Waals surface area contributed by atoms with E-state index in [0.717, 1.165) is 89.9 Å². The van der Waals surface area contributed by atoms with Gasteiger partial charge in [0.15, 0.2) is 6.10 Å². The summed E-state index contributed by atoms with van der Waals surface area (Å²) in [6.07, 6.45) is 46.2. The first-order valence-corrected chi connectivity index (χ1v) is 21.1. The van der Waals surface area contributed by atoms with Crippen molar-refractivity contribution in [3.63, 3.8) is 0 Å². The van der Waals surface area contributed by atoms with E-state index in [0.29, 0.717) is 12.8 Å². The molecule has 0 heterocycles. The van der Waals surface area contributed by atoms with E-state index in [2.05, 4.69) is 98.9 Å². The van der Waals surface area contributed by atoms with E-state index in [1.54, 1.807) is 0 Å². The molecular formula is C42H70NO8P. The van der Waals surface area contributed by atoms with Gasteiger partial charge < -0.3 is 20.1 Å². The van der Waals surface area contributed by atoms with Crippen LogP contribution in [0.15, 0.2) is 85.1 Å². The molecule has 10 heteroatoms. The Morgan fingerprint density at radius 3 is 1.63 bits per heavy atom. The van der Waals surface area contributed by atoms with Crippen LogP contribution in [0, 0.1) is 0 Å². The van der Waals surface area contributed by atoms with Gasteiger partial charge in [0.1, 0.15) is 6.61 Å². The van der Waals surface area contributed by atoms with Crippen LogP contribution in [0.1, 0.15) is 136 Å². The summed E-state index contributed by atoms with van der Waals surface area (Å²) in [7, 11) is -4.39. The Kier molecular flexibility index (Phi) is 35.9. The molecule has 0 aromatic heterocycles. The zero-order valence-corrected chi connectivity index (χ0v) is 33.1. The summed E-state index contributed by atoms with van der Waals surface area (Å²) in [5.74, 6) is -0.904. The molecule has 0 aliphatic heterocycles. The summed E-state index contributed by atoms with van der Waals surface area (Å²) in [4.78, 5) is 34.7. The largest absolute Gasteiger partial charge is 0.472 e. The van der Waals surface area contributed by atoms with Crippen LogP contribution < -0.4 is 5.73 Å². The van der Waals surface area contributed by atoms with Crippen LogP contribution in [0.3, 0.4) is 0 Å². The second-order valence-corrected chi connectivity index (χ2v) is 13.9. The van der Waals surface area contributed by atoms with Crippen molar-refractivity contribution < 1.29 is 37.6 Å². The second-order valence-electron chi connectivity index (χ2n) is 12.4. The summed E-state index contributed by atoms with van der Waals surface area (Å²) < 4.78 is 32.6. The topological polar surface area (TPSA) is 134 Å². The predicted octanol–water partition coefficient (Wildman–Crippen LogP) is 10.9. The van der Waals surface area contributed by atoms with E-state index in [1.807, 2.05) is 0 Å². The molecule has 9 nitrogen and oxygen atoms in total. The third kappa shape index (κ3) is 37.0. The van der Waals surface area contributed by atoms with Crippen LogP contribution in [-0.2, 0) is 32.7 Å². The van der Waals surface area contributed by atoms with Gasteiger partial charge in [0, 0.05) is 19.4 Å². The van der Waals surface area contributed by atoms with Crippen LogP contribution in [-0.4, -0.2) is 49.3 Å². The monoisotopic (exact) mass is 747 g/mol. The minimum Gasteiger partial charge on any atom is -0.462 e. The average Bonchev–Trinajstić information content (AvgIpc) is 3.13. The molecule has 2 atom stereocenters. The zero-order chi connectivity index (χ0) is 38.2. The molecule has 0 rings (SSSR count). The van der Waals surface area contributed by atoms with E-state index in [9.17, 15) is 19.0 Å². The Morgan fingerprint density at radius 2 is 1.06 bits per heavy atom. The van der Waals surface area contributed by atoms with Gasteiger partial charge in [0.25, 0.3) is 0 Å². The predicted molar refractivity (Wildman–Crippen MR) is 215 cm³/mol. The molecule has 0 aliphatic rings. The fraction of sp³-hybridized carbons (Fsp3) is 0.619. The maximum absolute atomic E-state index is 12.5. The van der Waals surface area contributed by atoms with Gasteiger partial charge in [0.2, 0.25) is 0 Å². The molecule has 296 valence electrons. The quantitative estimate of drug-likeness (QED) is 0.0281. The molecule has 0 saturated carbocycles. The van der Waals surface area contributed by atoms with Crippen molar-refractivity contribution in [1.29, 1.82) is 0 Å². The summed E-state index contributed by atoms with van der Waals surface area (Å²) in [5.41, 5.74) is 5.33. The van der Waals surface area contributed by atoms with Crippen LogP contribution in [0.5, 0.6) is 0 Å². The number of allylic oxidation sites excluding steroid dienone is 14. The molecule has 0 saturated heterocycles. The lowest BCUT2D eigenvalue weighted by Gasteiger charge is -2.19. The average molecular weight is 748 g/mol. The Hall–Kier alpha value is -2.81. The van der Waals surface area contributed by atoms with Crippen LogP contribution >= 0.6 is 7.82 Å². The maximum atomic E-state index is 12.5. The van der Waals surface area contributed by atoms with E-state index in [4.69, 9.17) is 24.3 Å². The standard InChI is InChI=1S/C42H70NO8P/c1-3-5-7-9-11-13-15-16-17-18-19-20-21-22-23-24-25-27-29-31-33-35-42(45)51-40(39-50-52(46,47)49-37-36-43)38-48-41(44)34-32-30-28-26-14-12-10-8-6-4-2/h5,7-8,10-11,13,16-17,19-20,22-23,25,27,40H,3-4,6,9,12,14-15,18,21,24,26,28-39,43H2,1-2H3,(H,46,47)/b7-5-,10-8-,13-11-,17-16-,20-19-,23-22-,27-25-. The first-order valence-electron chi connectivity index (χ1n) is 19.6. The Bertz CT molecular complexity index is 1130. The van der Waals surface area contributed by atoms with Crippen molar-refractivity contribution in [1.82, 2.24) is 0 Å². The van der Waals surface area contributed by atoms with Crippen molar-refractivity contribution in [2.45, 2.75) is 142 Å². The maximum Gasteiger partial charge on any atom is 0.472 e. The van der Waals surface area contributed by atoms with Crippen molar-refractivity contribution in [3.8, 4) is 0 Å². The molecule has 0 aromatic rings. The first-order chi connectivity index (χ1) is 25.3. The molecule has 2 unspecified atom stereocenters. The van der Waals surface area contributed by atoms with Gasteiger partial charge >= 0.3 is 19.8 Å². The highest BCUT2D eigenvalue weighted by atomic mass is 31.2. The van der Waals surface area contributed by atoms with Crippen molar-refractivity contribution in [2.24, 2.45) is 5.73 Å². The number of ether oxygens (including phenoxy) is 2. The number of nitrogens with two attached hydrogens (primary N) is 1. The normalized spacial score (nSPS) is 14.3. The van der Waals surface area contributed by atoms with Gasteiger partial charge in [-0.2, -0.15) is 0 Å². The number of hydrogen-bond acceptors (Lipinski definition) is 8. The summed E-state index contributed by atoms with van der Waals surface area (Å²) in [6, 6.07) is 0. The number of unbranched alkanes of at least 4 members (excludes halogenated alkanes) is 8. The molecule has 0 radical (unpaired) electrons. The third-order valence-electron chi connectivity index (χ3n) is 7.50. The molecular weight excluding hydrogens is 677 g/mol. The fourth-order valence-electron chi connectivity index (χ4n) is 4.64. The van der Waals surface area contributed by atoms with Gasteiger partial charge in [-0.1, -0.05) is 125 Å². The number of carbonyl (C=O) groups is 2. The Morgan fingerprint density at radius 1 is 0.596 bits per heavy atom. The van der Waals surface area contributed by atoms with E-state index in [1.165, 1.54) is 6.42 Å². The van der Waals surface area contributed by atoms with Gasteiger partial charge in [-0.3, -0.25) is 18.6 Å². The summed E-state index contributed by atoms with van der Waals surface area (Å²) >= 11 is 0. The van der Waals surface area contributed by atoms with E-state index >= 15 is 0 Å². The van der Waals surface area contributed by atoms with Gasteiger partial charge in [-0.05, 0) is 83.5 Å². The number of phosphoric ester groups is 1. The smallest absolute Gasteiger partial charge is 0.462 e. The van der Waals surface area contributed by atoms with Gasteiger partial charge in [0.05, 0.1) is 13.2 Å². The lowest BCUT2D eigenvalue weighted by molar-refractivity contribution is -0.161. The number of hydrogen-bond donors (Lipinski definition) is 2. The highest BCUT2D eigenvalue weighted by Crippen LogP contribution is 2.43. The van der Waals surface area contributed by atoms with Crippen molar-refractivity contribution in [3.05, 3.63) is 85.1 Å². The van der Waals surface area contributed by atoms with Crippen LogP contribution in [0.4, 0.5) is 0 Å². The number of esters is 2. The van der Waals surface area contributed by atoms with Gasteiger partial charge in [-0.25, -0.2) is 4.57 Å². The second kappa shape index (κ2) is 37.9. The van der Waals surface area contributed by atoms with E-state index < -0.39 is 32.5 Å². The summed E-state index contributed by atoms with van der Waals surface area (Å²) in [6.45, 7) is 3.45. The van der Waals surface area contributed by atoms with Crippen molar-refractivity contribution in [2.75, 3.05) is 26.4 Å². The molecule has 3 N–H and O–H groups in total. The Balaban J connectivity index is 4.31. The highest BCUT2D eigenvalue weighted by molar-refractivity contribution is 7.47. The minimum atomic E-state index is -4.39. The number of carbonyl (C=O) groups excluding carboxylic acids is 2. The molecule has 0 fully saturated rings. The van der Waals surface area contributed by atoms with E-state index in [-0.39, 0.29) is 32.6 Å². The van der Waals surface area contributed by atoms with Crippen molar-refractivity contribution >= 4 is 19.8 Å². The Labute approximate surface area is 315 Å². The molecule has 0 spiro atoms. The minimum absolute atomic E-state index is 0.0402. The van der Waals surface area contributed by atoms with Crippen LogP contribution in [0.25, 0.3) is 0 Å². The molecule has 0 aliphatic carbocycles. The SMILES string of the molecule is CC/C=C\C/C=C\C/C=C\C/C=C\C/C=C\C/C=C\CCCCC(=O)OC(COC(=O)CCCCCCC/C=C\CCC)COP(=O)(O)OCCN. The molecule has 0 amide bonds. The number of phosphoric acid groups is 1. The zero-order valence-electron chi connectivity index (χ0n) is 32.3. The first kappa shape index (κ1) is 49.2. The lowest BCUT2D eigenvalue weighted by atomic mass is 10.1. The highest BCUT2D eigenvalue weighted by Gasteiger charge is 2.25. The molecule has 0 bridgehead atoms. The molecule has 0 aromatic carbocycles. The summed E-state index contributed by atoms with van der Waals surface area (Å²) in [5, 5.41) is 0. The van der Waals surface area contributed by atoms with Crippen LogP contribution in [0.2, 0.25) is 0 Å². The molecule has 52 heavy (non-hydrogen) atoms. The van der Waals surface area contributed by atoms with Gasteiger partial charge in [-0.15, -0.1) is 0 Å². The fourth-order valence-corrected chi connectivity index (χ4v) is 5.40. The lowest BCUT2D eigenvalue weighted by Crippen LogP contribution is -2.29.